The summed E-state index contributed by atoms with van der Waals surface area (Å²) < 4.78 is 12.0. The molecule has 0 aromatic heterocycles. The van der Waals surface area contributed by atoms with Crippen LogP contribution in [-0.2, 0) is 0 Å². The van der Waals surface area contributed by atoms with Gasteiger partial charge >= 0.3 is 19.3 Å². The molecule has 1 aromatic carbocycles. The van der Waals surface area contributed by atoms with Gasteiger partial charge in [0.25, 0.3) is 0 Å². The van der Waals surface area contributed by atoms with Crippen molar-refractivity contribution in [3.05, 3.63) is 18.2 Å². The molecule has 74 valence electrons. The average molecular weight is 225 g/mol. The highest BCUT2D eigenvalue weighted by atomic mass is 35.5. The molecule has 0 aliphatic heterocycles. The van der Waals surface area contributed by atoms with Gasteiger partial charge in [-0.3, -0.25) is 0 Å². The Hall–Kier alpha value is -0.124. The van der Waals surface area contributed by atoms with Crippen LogP contribution in [0.15, 0.2) is 18.2 Å². The van der Waals surface area contributed by atoms with Crippen LogP contribution in [0.1, 0.15) is 13.8 Å². The van der Waals surface area contributed by atoms with Crippen LogP contribution in [0, 0.1) is 0 Å². The van der Waals surface area contributed by atoms with Crippen molar-refractivity contribution < 1.29 is 9.47 Å². The maximum Gasteiger partial charge on any atom is 0.543 e. The fourth-order valence-corrected chi connectivity index (χ4v) is 2.47. The summed E-state index contributed by atoms with van der Waals surface area (Å²) in [5.74, 6) is 1.77. The molecule has 0 aliphatic carbocycles. The predicted molar refractivity (Wildman–Crippen MR) is 60.0 cm³/mol. The molecule has 0 spiro atoms. The van der Waals surface area contributed by atoms with E-state index in [1.807, 2.05) is 32.0 Å². The van der Waals surface area contributed by atoms with Gasteiger partial charge in [0.1, 0.15) is 5.75 Å². The predicted octanol–water partition coefficient (Wildman–Crippen LogP) is 1.97. The largest absolute Gasteiger partial charge is 0.543 e. The van der Waals surface area contributed by atoms with Gasteiger partial charge in [-0.05, 0) is 32.0 Å². The molecule has 0 atom stereocenters. The molecule has 0 aliphatic rings. The molecule has 0 N–H and O–H groups in total. The fourth-order valence-electron chi connectivity index (χ4n) is 1.21. The van der Waals surface area contributed by atoms with Crippen LogP contribution in [0.4, 0.5) is 0 Å². The van der Waals surface area contributed by atoms with Gasteiger partial charge in [-0.1, -0.05) is 0 Å². The Morgan fingerprint density at radius 2 is 1.93 bits per heavy atom. The van der Waals surface area contributed by atoms with Gasteiger partial charge in [-0.2, -0.15) is 0 Å². The summed E-state index contributed by atoms with van der Waals surface area (Å²) >= 11 is -0.729. The lowest BCUT2D eigenvalue weighted by Crippen LogP contribution is -2.14. The Kier molecular flexibility index (Phi) is 5.44. The standard InChI is InChI=1S/C10H13O2.ClH.Mg/c1-3-11-9-5-7-10(8-6-9)12-4-2;;/h5-7H,3-4H2,1-2H3;1H;/q;;+1/p-1. The minimum Gasteiger partial charge on any atom is -0.496 e. The summed E-state index contributed by atoms with van der Waals surface area (Å²) in [4.78, 5) is 0. The Morgan fingerprint density at radius 3 is 2.50 bits per heavy atom. The molecule has 1 aromatic rings. The van der Waals surface area contributed by atoms with Gasteiger partial charge in [0.15, 0.2) is 0 Å². The van der Waals surface area contributed by atoms with Crippen LogP contribution in [0.25, 0.3) is 0 Å². The zero-order valence-corrected chi connectivity index (χ0v) is 10.7. The molecule has 0 heterocycles. The first-order valence-corrected chi connectivity index (χ1v) is 7.60. The molecule has 0 fully saturated rings. The van der Waals surface area contributed by atoms with Gasteiger partial charge in [0.05, 0.1) is 19.0 Å². The minimum atomic E-state index is -0.729. The topological polar surface area (TPSA) is 18.5 Å². The zero-order chi connectivity index (χ0) is 10.4. The number of ether oxygens (including phenoxy) is 2. The second-order valence-electron chi connectivity index (χ2n) is 2.77. The van der Waals surface area contributed by atoms with Gasteiger partial charge in [0.2, 0.25) is 0 Å². The first-order chi connectivity index (χ1) is 6.81. The molecule has 1 rings (SSSR count). The summed E-state index contributed by atoms with van der Waals surface area (Å²) in [6.07, 6.45) is 0. The quantitative estimate of drug-likeness (QED) is 0.713. The van der Waals surface area contributed by atoms with Crippen LogP contribution < -0.4 is 13.2 Å². The molecule has 4 heteroatoms. The molecule has 0 amide bonds. The first kappa shape index (κ1) is 11.9. The number of rotatable bonds is 5. The van der Waals surface area contributed by atoms with E-state index in [0.717, 1.165) is 15.2 Å². The van der Waals surface area contributed by atoms with Crippen molar-refractivity contribution in [1.82, 2.24) is 0 Å². The van der Waals surface area contributed by atoms with Crippen LogP contribution in [-0.4, -0.2) is 32.5 Å². The second kappa shape index (κ2) is 6.38. The van der Waals surface area contributed by atoms with Gasteiger partial charge in [-0.25, -0.2) is 0 Å². The van der Waals surface area contributed by atoms with Gasteiger partial charge in [-0.15, -0.1) is 3.69 Å². The minimum absolute atomic E-state index is 0.673. The van der Waals surface area contributed by atoms with E-state index in [9.17, 15) is 0 Å². The van der Waals surface area contributed by atoms with Gasteiger partial charge < -0.3 is 18.5 Å². The highest BCUT2D eigenvalue weighted by Gasteiger charge is 2.06. The lowest BCUT2D eigenvalue weighted by atomic mass is 10.3. The van der Waals surface area contributed by atoms with E-state index in [-0.39, 0.29) is 0 Å². The molecule has 2 nitrogen and oxygen atoms in total. The van der Waals surface area contributed by atoms with Crippen molar-refractivity contribution in [2.24, 2.45) is 0 Å². The van der Waals surface area contributed by atoms with E-state index in [1.54, 1.807) is 0 Å². The second-order valence-corrected chi connectivity index (χ2v) is 4.60. The van der Waals surface area contributed by atoms with Crippen LogP contribution in [0.5, 0.6) is 11.5 Å². The molecule has 0 radical (unpaired) electrons. The highest BCUT2D eigenvalue weighted by molar-refractivity contribution is 7.01. The monoisotopic (exact) mass is 224 g/mol. The van der Waals surface area contributed by atoms with Crippen molar-refractivity contribution >= 4 is 32.0 Å². The smallest absolute Gasteiger partial charge is 0.496 e. The van der Waals surface area contributed by atoms with E-state index >= 15 is 0 Å². The summed E-state index contributed by atoms with van der Waals surface area (Å²) in [6, 6.07) is 5.83. The molecule has 0 saturated heterocycles. The Morgan fingerprint density at radius 1 is 1.21 bits per heavy atom. The van der Waals surface area contributed by atoms with Crippen molar-refractivity contribution in [3.63, 3.8) is 0 Å². The SMILES string of the molecule is CCOc1ccc(OCC)[c]([Mg][Cl])c1. The number of hydrogen-bond acceptors (Lipinski definition) is 2. The van der Waals surface area contributed by atoms with E-state index in [4.69, 9.17) is 18.5 Å². The summed E-state index contributed by atoms with van der Waals surface area (Å²) in [5, 5.41) is 0. The van der Waals surface area contributed by atoms with E-state index < -0.39 is 19.3 Å². The summed E-state index contributed by atoms with van der Waals surface area (Å²) in [7, 11) is 5.94. The van der Waals surface area contributed by atoms with Crippen molar-refractivity contribution in [2.75, 3.05) is 13.2 Å². The van der Waals surface area contributed by atoms with Crippen LogP contribution in [0.2, 0.25) is 0 Å². The number of hydrogen-bond donors (Lipinski definition) is 0. The maximum absolute atomic E-state index is 5.94. The number of benzene rings is 1. The van der Waals surface area contributed by atoms with Gasteiger partial charge in [0, 0.05) is 0 Å². The molecule has 14 heavy (non-hydrogen) atoms. The van der Waals surface area contributed by atoms with Crippen molar-refractivity contribution in [1.29, 1.82) is 0 Å². The van der Waals surface area contributed by atoms with E-state index in [1.165, 1.54) is 0 Å². The van der Waals surface area contributed by atoms with Crippen molar-refractivity contribution in [3.8, 4) is 11.5 Å². The molecule has 0 bridgehead atoms. The van der Waals surface area contributed by atoms with Crippen LogP contribution in [0.3, 0.4) is 0 Å². The first-order valence-electron chi connectivity index (χ1n) is 4.76. The lowest BCUT2D eigenvalue weighted by Gasteiger charge is -2.10. The third-order valence-electron chi connectivity index (χ3n) is 1.79. The normalized spacial score (nSPS) is 9.36. The highest BCUT2D eigenvalue weighted by Crippen LogP contribution is 2.15. The molecule has 0 unspecified atom stereocenters. The van der Waals surface area contributed by atoms with E-state index in [0.29, 0.717) is 13.2 Å². The Bertz CT molecular complexity index is 291. The third kappa shape index (κ3) is 3.22. The lowest BCUT2D eigenvalue weighted by molar-refractivity contribution is 0.333. The zero-order valence-electron chi connectivity index (χ0n) is 8.55. The molecular weight excluding hydrogens is 212 g/mol. The number of halogens is 1. The van der Waals surface area contributed by atoms with Crippen LogP contribution >= 0.6 is 9.07 Å². The molecule has 0 saturated carbocycles. The van der Waals surface area contributed by atoms with Crippen molar-refractivity contribution in [2.45, 2.75) is 13.8 Å². The summed E-state index contributed by atoms with van der Waals surface area (Å²) in [5.41, 5.74) is 0. The van der Waals surface area contributed by atoms with E-state index in [2.05, 4.69) is 0 Å². The average Bonchev–Trinajstić information content (AvgIpc) is 2.21. The Balaban J connectivity index is 2.87. The fraction of sp³-hybridized carbons (Fsp3) is 0.400. The summed E-state index contributed by atoms with van der Waals surface area (Å²) in [6.45, 7) is 5.29. The maximum atomic E-state index is 5.94. The Labute approximate surface area is 98.0 Å². The third-order valence-corrected chi connectivity index (χ3v) is 3.49. The molecular formula is C10H13ClMgO2.